The van der Waals surface area contributed by atoms with Gasteiger partial charge in [-0.05, 0) is 48.5 Å². The number of ether oxygens (including phenoxy) is 2. The number of nitrogens with one attached hydrogen (secondary N) is 2. The van der Waals surface area contributed by atoms with Crippen LogP contribution in [0, 0.1) is 0 Å². The van der Waals surface area contributed by atoms with Crippen molar-refractivity contribution in [2.75, 3.05) is 26.8 Å². The Kier molecular flexibility index (Phi) is 7.26. The number of benzene rings is 2. The molecular formula is C17H19ClN2O5S. The van der Waals surface area contributed by atoms with E-state index in [4.69, 9.17) is 21.1 Å². The van der Waals surface area contributed by atoms with Crippen LogP contribution < -0.4 is 19.5 Å². The van der Waals surface area contributed by atoms with Gasteiger partial charge in [0, 0.05) is 18.1 Å². The highest BCUT2D eigenvalue weighted by Crippen LogP contribution is 2.16. The first-order chi connectivity index (χ1) is 12.4. The van der Waals surface area contributed by atoms with Gasteiger partial charge in [0.1, 0.15) is 11.5 Å². The van der Waals surface area contributed by atoms with Crippen LogP contribution in [0.15, 0.2) is 53.4 Å². The van der Waals surface area contributed by atoms with Crippen molar-refractivity contribution in [3.05, 3.63) is 53.6 Å². The summed E-state index contributed by atoms with van der Waals surface area (Å²) in [7, 11) is -2.14. The monoisotopic (exact) mass is 398 g/mol. The molecule has 1 amide bonds. The number of sulfonamides is 1. The van der Waals surface area contributed by atoms with Crippen LogP contribution in [-0.4, -0.2) is 41.1 Å². The lowest BCUT2D eigenvalue weighted by molar-refractivity contribution is -0.123. The van der Waals surface area contributed by atoms with Crippen molar-refractivity contribution in [1.82, 2.24) is 10.0 Å². The first-order valence-corrected chi connectivity index (χ1v) is 9.55. The number of hydrogen-bond donors (Lipinski definition) is 2. The second kappa shape index (κ2) is 9.42. The number of hydrogen-bond acceptors (Lipinski definition) is 5. The van der Waals surface area contributed by atoms with Crippen LogP contribution in [0.4, 0.5) is 0 Å². The van der Waals surface area contributed by atoms with Gasteiger partial charge in [-0.1, -0.05) is 11.6 Å². The van der Waals surface area contributed by atoms with Gasteiger partial charge in [-0.15, -0.1) is 0 Å². The molecule has 2 aromatic carbocycles. The van der Waals surface area contributed by atoms with Crippen molar-refractivity contribution < 1.29 is 22.7 Å². The molecule has 0 fully saturated rings. The van der Waals surface area contributed by atoms with Crippen molar-refractivity contribution in [2.24, 2.45) is 0 Å². The Hall–Kier alpha value is -2.29. The fourth-order valence-corrected chi connectivity index (χ4v) is 3.11. The normalized spacial score (nSPS) is 11.0. The zero-order chi connectivity index (χ0) is 19.0. The van der Waals surface area contributed by atoms with Gasteiger partial charge >= 0.3 is 0 Å². The van der Waals surface area contributed by atoms with Crippen molar-refractivity contribution in [3.63, 3.8) is 0 Å². The van der Waals surface area contributed by atoms with E-state index >= 15 is 0 Å². The SMILES string of the molecule is COc1ccc(S(=O)(=O)NCCNC(=O)COc2ccc(Cl)cc2)cc1. The lowest BCUT2D eigenvalue weighted by Crippen LogP contribution is -2.36. The first-order valence-electron chi connectivity index (χ1n) is 7.69. The fraction of sp³-hybridized carbons (Fsp3) is 0.235. The fourth-order valence-electron chi connectivity index (χ4n) is 1.96. The molecule has 2 N–H and O–H groups in total. The van der Waals surface area contributed by atoms with Crippen LogP contribution in [0.1, 0.15) is 0 Å². The number of rotatable bonds is 9. The third-order valence-electron chi connectivity index (χ3n) is 3.29. The van der Waals surface area contributed by atoms with Crippen LogP contribution in [0.3, 0.4) is 0 Å². The largest absolute Gasteiger partial charge is 0.497 e. The van der Waals surface area contributed by atoms with E-state index in [-0.39, 0.29) is 30.5 Å². The molecule has 0 radical (unpaired) electrons. The van der Waals surface area contributed by atoms with E-state index in [2.05, 4.69) is 10.0 Å². The molecule has 0 aliphatic rings. The zero-order valence-corrected chi connectivity index (χ0v) is 15.6. The third-order valence-corrected chi connectivity index (χ3v) is 5.02. The molecule has 7 nitrogen and oxygen atoms in total. The Morgan fingerprint density at radius 3 is 2.23 bits per heavy atom. The first kappa shape index (κ1) is 20.0. The molecule has 140 valence electrons. The summed E-state index contributed by atoms with van der Waals surface area (Å²) in [5, 5.41) is 3.14. The molecule has 0 unspecified atom stereocenters. The predicted octanol–water partition coefficient (Wildman–Crippen LogP) is 1.82. The van der Waals surface area contributed by atoms with Crippen LogP contribution in [0.5, 0.6) is 11.5 Å². The van der Waals surface area contributed by atoms with Gasteiger partial charge < -0.3 is 14.8 Å². The van der Waals surface area contributed by atoms with Gasteiger partial charge in [-0.25, -0.2) is 13.1 Å². The summed E-state index contributed by atoms with van der Waals surface area (Å²) < 4.78 is 36.9. The van der Waals surface area contributed by atoms with E-state index in [1.54, 1.807) is 36.4 Å². The highest BCUT2D eigenvalue weighted by molar-refractivity contribution is 7.89. The number of carbonyl (C=O) groups is 1. The van der Waals surface area contributed by atoms with E-state index in [9.17, 15) is 13.2 Å². The molecule has 9 heteroatoms. The number of halogens is 1. The van der Waals surface area contributed by atoms with Crippen LogP contribution in [0.25, 0.3) is 0 Å². The molecule has 0 atom stereocenters. The van der Waals surface area contributed by atoms with Crippen LogP contribution >= 0.6 is 11.6 Å². The smallest absolute Gasteiger partial charge is 0.257 e. The Balaban J connectivity index is 1.71. The molecule has 2 aromatic rings. The molecule has 0 aliphatic carbocycles. The molecule has 0 aliphatic heterocycles. The summed E-state index contributed by atoms with van der Waals surface area (Å²) in [6, 6.07) is 12.6. The molecule has 2 rings (SSSR count). The van der Waals surface area contributed by atoms with Gasteiger partial charge in [0.2, 0.25) is 10.0 Å². The highest BCUT2D eigenvalue weighted by Gasteiger charge is 2.13. The van der Waals surface area contributed by atoms with Crippen molar-refractivity contribution >= 4 is 27.5 Å². The zero-order valence-electron chi connectivity index (χ0n) is 14.1. The number of carbonyl (C=O) groups excluding carboxylic acids is 1. The molecule has 26 heavy (non-hydrogen) atoms. The average molecular weight is 399 g/mol. The number of methoxy groups -OCH3 is 1. The van der Waals surface area contributed by atoms with Crippen molar-refractivity contribution in [1.29, 1.82) is 0 Å². The van der Waals surface area contributed by atoms with Crippen LogP contribution in [0.2, 0.25) is 5.02 Å². The highest BCUT2D eigenvalue weighted by atomic mass is 35.5. The Morgan fingerprint density at radius 1 is 1.00 bits per heavy atom. The lowest BCUT2D eigenvalue weighted by Gasteiger charge is -2.09. The van der Waals surface area contributed by atoms with Gasteiger partial charge in [-0.2, -0.15) is 0 Å². The van der Waals surface area contributed by atoms with E-state index < -0.39 is 10.0 Å². The Bertz CT molecular complexity index is 823. The van der Waals surface area contributed by atoms with Gasteiger partial charge in [0.25, 0.3) is 5.91 Å². The second-order valence-electron chi connectivity index (χ2n) is 5.17. The van der Waals surface area contributed by atoms with E-state index in [1.165, 1.54) is 19.2 Å². The van der Waals surface area contributed by atoms with E-state index in [1.807, 2.05) is 0 Å². The second-order valence-corrected chi connectivity index (χ2v) is 7.37. The Labute approximate surface area is 157 Å². The van der Waals surface area contributed by atoms with Gasteiger partial charge in [-0.3, -0.25) is 4.79 Å². The predicted molar refractivity (Wildman–Crippen MR) is 98.1 cm³/mol. The van der Waals surface area contributed by atoms with Crippen molar-refractivity contribution in [3.8, 4) is 11.5 Å². The third kappa shape index (κ3) is 6.21. The topological polar surface area (TPSA) is 93.7 Å². The molecule has 0 heterocycles. The minimum absolute atomic E-state index is 0.0566. The molecule has 0 bridgehead atoms. The van der Waals surface area contributed by atoms with Gasteiger partial charge in [0.05, 0.1) is 12.0 Å². The minimum Gasteiger partial charge on any atom is -0.497 e. The summed E-state index contributed by atoms with van der Waals surface area (Å²) in [6.07, 6.45) is 0. The maximum Gasteiger partial charge on any atom is 0.257 e. The molecule has 0 saturated heterocycles. The summed E-state index contributed by atoms with van der Waals surface area (Å²) >= 11 is 5.76. The van der Waals surface area contributed by atoms with Gasteiger partial charge in [0.15, 0.2) is 6.61 Å². The summed E-state index contributed by atoms with van der Waals surface area (Å²) in [5.74, 6) is 0.727. The molecule has 0 aromatic heterocycles. The van der Waals surface area contributed by atoms with E-state index in [0.717, 1.165) is 0 Å². The molecule has 0 saturated carbocycles. The number of amides is 1. The summed E-state index contributed by atoms with van der Waals surface area (Å²) in [4.78, 5) is 11.8. The Morgan fingerprint density at radius 2 is 1.62 bits per heavy atom. The van der Waals surface area contributed by atoms with Crippen molar-refractivity contribution in [2.45, 2.75) is 4.90 Å². The molecule has 0 spiro atoms. The standard InChI is InChI=1S/C17H19ClN2O5S/c1-24-14-6-8-16(9-7-14)26(22,23)20-11-10-19-17(21)12-25-15-4-2-13(18)3-5-15/h2-9,20H,10-12H2,1H3,(H,19,21). The van der Waals surface area contributed by atoms with E-state index in [0.29, 0.717) is 16.5 Å². The summed E-state index contributed by atoms with van der Waals surface area (Å²) in [5.41, 5.74) is 0. The molecular weight excluding hydrogens is 380 g/mol. The van der Waals surface area contributed by atoms with Crippen LogP contribution in [-0.2, 0) is 14.8 Å². The maximum atomic E-state index is 12.1. The minimum atomic E-state index is -3.64. The maximum absolute atomic E-state index is 12.1. The average Bonchev–Trinajstić information content (AvgIpc) is 2.65. The lowest BCUT2D eigenvalue weighted by atomic mass is 10.3. The quantitative estimate of drug-likeness (QED) is 0.628. The summed E-state index contributed by atoms with van der Waals surface area (Å²) in [6.45, 7) is 0.0199.